The molecule has 30 heavy (non-hydrogen) atoms. The van der Waals surface area contributed by atoms with Crippen LogP contribution in [0.3, 0.4) is 0 Å². The van der Waals surface area contributed by atoms with Gasteiger partial charge in [0.05, 0.1) is 10.2 Å². The molecule has 1 amide bonds. The summed E-state index contributed by atoms with van der Waals surface area (Å²) < 4.78 is 14.1. The Morgan fingerprint density at radius 1 is 1.17 bits per heavy atom. The van der Waals surface area contributed by atoms with Crippen LogP contribution in [0.4, 0.5) is 9.52 Å². The second-order valence-corrected chi connectivity index (χ2v) is 9.50. The number of likely N-dealkylation sites (N-methyl/N-ethyl adjacent to an activating group) is 1. The lowest BCUT2D eigenvalue weighted by molar-refractivity contribution is -0.118. The van der Waals surface area contributed by atoms with Crippen LogP contribution in [0.2, 0.25) is 5.02 Å². The third-order valence-corrected chi connectivity index (χ3v) is 6.90. The van der Waals surface area contributed by atoms with Crippen molar-refractivity contribution in [1.29, 1.82) is 0 Å². The Bertz CT molecular complexity index is 996. The van der Waals surface area contributed by atoms with Gasteiger partial charge in [0.15, 0.2) is 5.13 Å². The van der Waals surface area contributed by atoms with Crippen LogP contribution in [0.25, 0.3) is 10.2 Å². The number of halogens is 3. The average molecular weight is 488 g/mol. The summed E-state index contributed by atoms with van der Waals surface area (Å²) in [5.41, 5.74) is 1.78. The number of rotatable bonds is 8. The number of aryl methyl sites for hydroxylation is 1. The summed E-state index contributed by atoms with van der Waals surface area (Å²) in [5, 5.41) is 1.38. The summed E-state index contributed by atoms with van der Waals surface area (Å²) in [4.78, 5) is 22.5. The number of carbonyl (C=O) groups is 1. The Labute approximate surface area is 195 Å². The Morgan fingerprint density at radius 2 is 1.87 bits per heavy atom. The fourth-order valence-corrected chi connectivity index (χ4v) is 4.82. The Balaban J connectivity index is 0.00000320. The average Bonchev–Trinajstić information content (AvgIpc) is 3.11. The number of fused-ring (bicyclic) bond motifs is 1. The SMILES string of the molecule is Cc1c(Cl)ccc2sc(N(CCN(C)C)C(=O)CCSc3ccc(F)cc3)nc12.Cl. The quantitative estimate of drug-likeness (QED) is 0.370. The molecule has 4 nitrogen and oxygen atoms in total. The second kappa shape index (κ2) is 11.3. The van der Waals surface area contributed by atoms with E-state index >= 15 is 0 Å². The highest BCUT2D eigenvalue weighted by atomic mass is 35.5. The van der Waals surface area contributed by atoms with Crippen molar-refractivity contribution in [2.45, 2.75) is 18.2 Å². The molecular weight excluding hydrogens is 464 g/mol. The number of hydrogen-bond donors (Lipinski definition) is 0. The summed E-state index contributed by atoms with van der Waals surface area (Å²) in [6.45, 7) is 3.26. The van der Waals surface area contributed by atoms with E-state index in [4.69, 9.17) is 16.6 Å². The van der Waals surface area contributed by atoms with Gasteiger partial charge in [-0.3, -0.25) is 9.69 Å². The van der Waals surface area contributed by atoms with Crippen molar-refractivity contribution >= 4 is 68.4 Å². The molecule has 0 aliphatic carbocycles. The van der Waals surface area contributed by atoms with E-state index in [1.807, 2.05) is 38.1 Å². The number of aromatic nitrogens is 1. The van der Waals surface area contributed by atoms with Crippen molar-refractivity contribution in [2.24, 2.45) is 0 Å². The number of benzene rings is 2. The van der Waals surface area contributed by atoms with Gasteiger partial charge in [-0.15, -0.1) is 24.2 Å². The van der Waals surface area contributed by atoms with Crippen molar-refractivity contribution in [3.8, 4) is 0 Å². The number of nitrogens with zero attached hydrogens (tertiary/aromatic N) is 3. The number of hydrogen-bond acceptors (Lipinski definition) is 5. The maximum absolute atomic E-state index is 13.0. The molecule has 0 saturated heterocycles. The van der Waals surface area contributed by atoms with E-state index in [1.165, 1.54) is 23.5 Å². The first-order chi connectivity index (χ1) is 13.8. The fraction of sp³-hybridized carbons (Fsp3) is 0.333. The molecule has 162 valence electrons. The van der Waals surface area contributed by atoms with Crippen LogP contribution in [0, 0.1) is 12.7 Å². The van der Waals surface area contributed by atoms with Crippen LogP contribution in [-0.4, -0.2) is 48.7 Å². The topological polar surface area (TPSA) is 36.4 Å². The fourth-order valence-electron chi connectivity index (χ4n) is 2.75. The van der Waals surface area contributed by atoms with Gasteiger partial charge in [0.25, 0.3) is 0 Å². The molecule has 3 rings (SSSR count). The zero-order chi connectivity index (χ0) is 21.0. The molecule has 0 saturated carbocycles. The van der Waals surface area contributed by atoms with Gasteiger partial charge >= 0.3 is 0 Å². The number of amides is 1. The Hall–Kier alpha value is -1.38. The highest BCUT2D eigenvalue weighted by molar-refractivity contribution is 7.99. The van der Waals surface area contributed by atoms with Crippen molar-refractivity contribution in [3.63, 3.8) is 0 Å². The number of thiazole rings is 1. The van der Waals surface area contributed by atoms with E-state index < -0.39 is 0 Å². The van der Waals surface area contributed by atoms with Crippen LogP contribution < -0.4 is 4.90 Å². The first-order valence-corrected chi connectivity index (χ1v) is 11.4. The maximum Gasteiger partial charge on any atom is 0.229 e. The van der Waals surface area contributed by atoms with E-state index in [-0.39, 0.29) is 24.1 Å². The highest BCUT2D eigenvalue weighted by Gasteiger charge is 2.20. The van der Waals surface area contributed by atoms with E-state index in [1.54, 1.807) is 28.8 Å². The van der Waals surface area contributed by atoms with Gasteiger partial charge in [0.2, 0.25) is 5.91 Å². The van der Waals surface area contributed by atoms with Crippen molar-refractivity contribution in [2.75, 3.05) is 37.8 Å². The summed E-state index contributed by atoms with van der Waals surface area (Å²) in [6.07, 6.45) is 0.380. The van der Waals surface area contributed by atoms with Crippen molar-refractivity contribution < 1.29 is 9.18 Å². The van der Waals surface area contributed by atoms with Crippen molar-refractivity contribution in [3.05, 3.63) is 52.8 Å². The second-order valence-electron chi connectivity index (χ2n) is 6.92. The zero-order valence-electron chi connectivity index (χ0n) is 17.0. The number of thioether (sulfide) groups is 1. The smallest absolute Gasteiger partial charge is 0.229 e. The largest absolute Gasteiger partial charge is 0.308 e. The predicted octanol–water partition coefficient (Wildman–Crippen LogP) is 5.90. The van der Waals surface area contributed by atoms with Gasteiger partial charge in [0.1, 0.15) is 5.82 Å². The molecule has 1 aromatic heterocycles. The molecule has 0 unspecified atom stereocenters. The number of anilines is 1. The summed E-state index contributed by atoms with van der Waals surface area (Å²) >= 11 is 9.28. The molecule has 0 aliphatic heterocycles. The molecule has 0 spiro atoms. The minimum absolute atomic E-state index is 0. The van der Waals surface area contributed by atoms with Crippen LogP contribution in [-0.2, 0) is 4.79 Å². The molecule has 9 heteroatoms. The molecular formula is C21H24Cl2FN3OS2. The van der Waals surface area contributed by atoms with Crippen LogP contribution in [0.5, 0.6) is 0 Å². The molecule has 3 aromatic rings. The summed E-state index contributed by atoms with van der Waals surface area (Å²) in [7, 11) is 3.96. The van der Waals surface area contributed by atoms with Gasteiger partial charge in [0, 0.05) is 35.2 Å². The third kappa shape index (κ3) is 6.31. The van der Waals surface area contributed by atoms with Crippen LogP contribution >= 0.6 is 47.1 Å². The van der Waals surface area contributed by atoms with Crippen LogP contribution in [0.15, 0.2) is 41.3 Å². The van der Waals surface area contributed by atoms with Gasteiger partial charge in [-0.1, -0.05) is 22.9 Å². The predicted molar refractivity (Wildman–Crippen MR) is 129 cm³/mol. The minimum Gasteiger partial charge on any atom is -0.308 e. The Morgan fingerprint density at radius 3 is 2.53 bits per heavy atom. The lowest BCUT2D eigenvalue weighted by Gasteiger charge is -2.22. The first kappa shape index (κ1) is 24.9. The van der Waals surface area contributed by atoms with Gasteiger partial charge in [-0.25, -0.2) is 9.37 Å². The standard InChI is InChI=1S/C21H23ClFN3OS2.ClH/c1-14-17(22)8-9-18-20(14)24-21(29-18)26(12-11-25(2)3)19(27)10-13-28-16-6-4-15(23)5-7-16;/h4-9H,10-13H2,1-3H3;1H. The molecule has 0 fully saturated rings. The molecule has 1 heterocycles. The number of carbonyl (C=O) groups excluding carboxylic acids is 1. The summed E-state index contributed by atoms with van der Waals surface area (Å²) in [5.74, 6) is 0.398. The molecule has 2 aromatic carbocycles. The van der Waals surface area contributed by atoms with Gasteiger partial charge in [-0.05, 0) is 63.0 Å². The zero-order valence-corrected chi connectivity index (χ0v) is 20.2. The van der Waals surface area contributed by atoms with E-state index in [0.717, 1.165) is 27.2 Å². The van der Waals surface area contributed by atoms with Gasteiger partial charge < -0.3 is 4.90 Å². The van der Waals surface area contributed by atoms with Gasteiger partial charge in [-0.2, -0.15) is 0 Å². The van der Waals surface area contributed by atoms with Crippen LogP contribution in [0.1, 0.15) is 12.0 Å². The van der Waals surface area contributed by atoms with Crippen molar-refractivity contribution in [1.82, 2.24) is 9.88 Å². The highest BCUT2D eigenvalue weighted by Crippen LogP contribution is 2.34. The lowest BCUT2D eigenvalue weighted by Crippen LogP contribution is -2.36. The molecule has 0 bridgehead atoms. The maximum atomic E-state index is 13.0. The monoisotopic (exact) mass is 487 g/mol. The molecule has 0 N–H and O–H groups in total. The van der Waals surface area contributed by atoms with E-state index in [2.05, 4.69) is 0 Å². The van der Waals surface area contributed by atoms with E-state index in [0.29, 0.717) is 28.9 Å². The minimum atomic E-state index is -0.258. The normalized spacial score (nSPS) is 11.0. The molecule has 0 radical (unpaired) electrons. The third-order valence-electron chi connectivity index (χ3n) is 4.44. The molecule has 0 atom stereocenters. The first-order valence-electron chi connectivity index (χ1n) is 9.24. The van der Waals surface area contributed by atoms with E-state index in [9.17, 15) is 9.18 Å². The Kier molecular flexibility index (Phi) is 9.37. The summed E-state index contributed by atoms with van der Waals surface area (Å²) in [6, 6.07) is 10.1. The molecule has 0 aliphatic rings. The lowest BCUT2D eigenvalue weighted by atomic mass is 10.2.